The lowest BCUT2D eigenvalue weighted by molar-refractivity contribution is 0.0706. The maximum atomic E-state index is 13.3. The number of aromatic nitrogens is 2. The number of carbonyl (C=O) groups excluding carboxylic acids is 2. The molecule has 1 aliphatic rings. The first-order valence-electron chi connectivity index (χ1n) is 23.5. The zero-order valence-electron chi connectivity index (χ0n) is 40.7. The number of pyridine rings is 2. The second-order valence-electron chi connectivity index (χ2n) is 17.0. The molecule has 6 aromatic carbocycles. The summed E-state index contributed by atoms with van der Waals surface area (Å²) in [4.78, 5) is 37.6. The predicted octanol–water partition coefficient (Wildman–Crippen LogP) is 11.0. The Morgan fingerprint density at radius 1 is 0.606 bits per heavy atom. The summed E-state index contributed by atoms with van der Waals surface area (Å²) in [5.41, 5.74) is 5.46. The number of fused-ring (bicyclic) bond motifs is 2. The number of nitrogens with zero attached hydrogens (tertiary/aromatic N) is 3. The molecule has 2 unspecified atom stereocenters. The van der Waals surface area contributed by atoms with E-state index in [-0.39, 0.29) is 24.3 Å². The number of methoxy groups -OCH3 is 2. The first-order valence-corrected chi connectivity index (χ1v) is 23.5. The monoisotopic (exact) mass is 955 g/mol. The van der Waals surface area contributed by atoms with Gasteiger partial charge < -0.3 is 43.2 Å². The largest absolute Gasteiger partial charge is 0.493 e. The molecular weight excluding hydrogens is 899 g/mol. The average Bonchev–Trinajstić information content (AvgIpc) is 4.24. The molecule has 364 valence electrons. The van der Waals surface area contributed by atoms with Crippen LogP contribution in [-0.2, 0) is 4.74 Å². The highest BCUT2D eigenvalue weighted by Crippen LogP contribution is 2.40. The molecule has 1 aliphatic heterocycles. The molecule has 2 aromatic heterocycles. The van der Waals surface area contributed by atoms with Crippen LogP contribution in [0.4, 0.5) is 0 Å². The van der Waals surface area contributed by atoms with Gasteiger partial charge in [0.25, 0.3) is 0 Å². The van der Waals surface area contributed by atoms with Crippen LogP contribution >= 0.6 is 0 Å². The van der Waals surface area contributed by atoms with E-state index in [4.69, 9.17) is 33.2 Å². The molecule has 0 bridgehead atoms. The lowest BCUT2D eigenvalue weighted by Gasteiger charge is -2.22. The van der Waals surface area contributed by atoms with Crippen LogP contribution in [-0.4, -0.2) is 97.4 Å². The van der Waals surface area contributed by atoms with Gasteiger partial charge in [0, 0.05) is 53.0 Å². The third-order valence-corrected chi connectivity index (χ3v) is 11.9. The Morgan fingerprint density at radius 2 is 1.07 bits per heavy atom. The Labute approximate surface area is 413 Å². The first-order chi connectivity index (χ1) is 34.5. The van der Waals surface area contributed by atoms with Gasteiger partial charge in [-0.25, -0.2) is 0 Å². The van der Waals surface area contributed by atoms with E-state index in [2.05, 4.69) is 28.7 Å². The summed E-state index contributed by atoms with van der Waals surface area (Å²) < 4.78 is 40.8. The van der Waals surface area contributed by atoms with Crippen LogP contribution in [0.25, 0.3) is 21.8 Å². The van der Waals surface area contributed by atoms with E-state index in [0.717, 1.165) is 29.6 Å². The van der Waals surface area contributed by atoms with Gasteiger partial charge in [-0.05, 0) is 75.5 Å². The van der Waals surface area contributed by atoms with Crippen molar-refractivity contribution in [2.24, 2.45) is 0 Å². The highest BCUT2D eigenvalue weighted by atomic mass is 16.6. The summed E-state index contributed by atoms with van der Waals surface area (Å²) >= 11 is 0. The van der Waals surface area contributed by atoms with Gasteiger partial charge in [-0.1, -0.05) is 97.8 Å². The third kappa shape index (κ3) is 12.3. The molecule has 2 atom stereocenters. The highest BCUT2D eigenvalue weighted by molar-refractivity contribution is 6.11. The van der Waals surface area contributed by atoms with Crippen molar-refractivity contribution >= 4 is 33.4 Å². The number of rotatable bonds is 20. The quantitative estimate of drug-likeness (QED) is 0.0570. The van der Waals surface area contributed by atoms with E-state index in [9.17, 15) is 14.7 Å². The van der Waals surface area contributed by atoms with Gasteiger partial charge in [0.15, 0.2) is 34.6 Å². The van der Waals surface area contributed by atoms with Crippen molar-refractivity contribution in [2.75, 3.05) is 53.7 Å². The van der Waals surface area contributed by atoms with E-state index in [1.165, 1.54) is 0 Å². The summed E-state index contributed by atoms with van der Waals surface area (Å²) in [7, 11) is 3.16. The van der Waals surface area contributed by atoms with E-state index in [0.29, 0.717) is 104 Å². The first kappa shape index (κ1) is 49.6. The number of benzene rings is 6. The number of hydrogen-bond acceptors (Lipinski definition) is 13. The lowest BCUT2D eigenvalue weighted by atomic mass is 10.0. The number of aliphatic hydroxyl groups is 1. The van der Waals surface area contributed by atoms with Crippen molar-refractivity contribution < 1.29 is 47.9 Å². The number of ether oxygens (including phenoxy) is 7. The van der Waals surface area contributed by atoms with Crippen LogP contribution in [0.1, 0.15) is 56.8 Å². The minimum Gasteiger partial charge on any atom is -0.493 e. The van der Waals surface area contributed by atoms with Gasteiger partial charge in [0.05, 0.1) is 43.0 Å². The summed E-state index contributed by atoms with van der Waals surface area (Å²) in [6.07, 6.45) is 2.82. The van der Waals surface area contributed by atoms with Crippen LogP contribution in [0.3, 0.4) is 0 Å². The summed E-state index contributed by atoms with van der Waals surface area (Å²) in [6, 6.07) is 40.3. The van der Waals surface area contributed by atoms with Gasteiger partial charge in [0.1, 0.15) is 48.4 Å². The number of aliphatic hydroxyl groups excluding tert-OH is 1. The van der Waals surface area contributed by atoms with Crippen molar-refractivity contribution in [3.05, 3.63) is 179 Å². The van der Waals surface area contributed by atoms with E-state index >= 15 is 0 Å². The fourth-order valence-corrected chi connectivity index (χ4v) is 7.89. The SMILES string of the molecule is CCN(CC)CC(O)COc1cc2nccc(Oc3ccc(C)cc3C(=O)c3ccccc3)c2cc1OC.COc1cc2c(Oc3ccc(C)cc3C(=O)c3ccccc3)ccnc2cc1OCC1CO1. The highest BCUT2D eigenvalue weighted by Gasteiger charge is 2.25. The number of ketones is 2. The molecule has 1 N–H and O–H groups in total. The van der Waals surface area contributed by atoms with Crippen molar-refractivity contribution in [3.8, 4) is 46.0 Å². The smallest absolute Gasteiger partial charge is 0.196 e. The molecule has 71 heavy (non-hydrogen) atoms. The maximum Gasteiger partial charge on any atom is 0.196 e. The van der Waals surface area contributed by atoms with Crippen LogP contribution in [0.2, 0.25) is 0 Å². The van der Waals surface area contributed by atoms with E-state index in [1.807, 2.05) is 98.8 Å². The number of hydrogen-bond donors (Lipinski definition) is 1. The van der Waals surface area contributed by atoms with E-state index < -0.39 is 6.10 Å². The van der Waals surface area contributed by atoms with Gasteiger partial charge in [-0.3, -0.25) is 19.6 Å². The van der Waals surface area contributed by atoms with Crippen LogP contribution in [0.15, 0.2) is 146 Å². The lowest BCUT2D eigenvalue weighted by Crippen LogP contribution is -2.35. The molecule has 13 nitrogen and oxygen atoms in total. The van der Waals surface area contributed by atoms with Crippen LogP contribution in [0.5, 0.6) is 46.0 Å². The molecular formula is C58H57N3O10. The number of aryl methyl sites for hydroxylation is 2. The predicted molar refractivity (Wildman–Crippen MR) is 273 cm³/mol. The Hall–Kier alpha value is -7.84. The molecule has 0 saturated carbocycles. The molecule has 9 rings (SSSR count). The Kier molecular flexibility index (Phi) is 16.2. The maximum absolute atomic E-state index is 13.3. The van der Waals surface area contributed by atoms with Gasteiger partial charge in [-0.15, -0.1) is 0 Å². The molecule has 0 amide bonds. The minimum absolute atomic E-state index is 0.0942. The van der Waals surface area contributed by atoms with Gasteiger partial charge in [0.2, 0.25) is 0 Å². The molecule has 0 spiro atoms. The van der Waals surface area contributed by atoms with Gasteiger partial charge in [-0.2, -0.15) is 0 Å². The fourth-order valence-electron chi connectivity index (χ4n) is 7.89. The molecule has 0 aliphatic carbocycles. The van der Waals surface area contributed by atoms with Crippen molar-refractivity contribution in [1.82, 2.24) is 14.9 Å². The Morgan fingerprint density at radius 3 is 1.51 bits per heavy atom. The second kappa shape index (κ2) is 23.2. The zero-order valence-corrected chi connectivity index (χ0v) is 40.7. The molecule has 1 fully saturated rings. The minimum atomic E-state index is -0.639. The Bertz CT molecular complexity index is 3120. The van der Waals surface area contributed by atoms with Crippen molar-refractivity contribution in [1.29, 1.82) is 0 Å². The zero-order chi connectivity index (χ0) is 49.9. The summed E-state index contributed by atoms with van der Waals surface area (Å²) in [5.74, 6) is 3.98. The average molecular weight is 956 g/mol. The van der Waals surface area contributed by atoms with E-state index in [1.54, 1.807) is 75.1 Å². The standard InChI is InChI=1S/C31H34N2O5.C27H23NO5/c1-5-33(6-2)19-23(34)20-37-30-18-26-24(17-29(30)36-4)28(14-15-32-26)38-27-13-12-21(3)16-25(27)31(35)22-10-8-7-9-11-22;1-17-8-9-23(21(12-17)27(29)18-6-4-3-5-7-18)33-24-10-11-28-22-14-26(32-16-19-15-31-19)25(30-2)13-20(22)24/h7-18,23,34H,5-6,19-20H2,1-4H3;3-14,19H,15-16H2,1-2H3. The van der Waals surface area contributed by atoms with Gasteiger partial charge >= 0.3 is 0 Å². The summed E-state index contributed by atoms with van der Waals surface area (Å²) in [6.45, 7) is 11.6. The molecule has 13 heteroatoms. The number of epoxide rings is 1. The van der Waals surface area contributed by atoms with Crippen molar-refractivity contribution in [3.63, 3.8) is 0 Å². The number of carbonyl (C=O) groups is 2. The van der Waals surface area contributed by atoms with Crippen molar-refractivity contribution in [2.45, 2.75) is 39.9 Å². The Balaban J connectivity index is 0.000000192. The third-order valence-electron chi connectivity index (χ3n) is 11.9. The molecule has 1 saturated heterocycles. The molecule has 3 heterocycles. The molecule has 0 radical (unpaired) electrons. The number of likely N-dealkylation sites (N-methyl/N-ethyl adjacent to an activating group) is 1. The fraction of sp³-hybridized carbons (Fsp3) is 0.241. The summed E-state index contributed by atoms with van der Waals surface area (Å²) in [5, 5.41) is 11.9. The normalized spacial score (nSPS) is 13.2. The topological polar surface area (TPSA) is 151 Å². The molecule has 8 aromatic rings. The van der Waals surface area contributed by atoms with Crippen LogP contribution < -0.4 is 28.4 Å². The second-order valence-corrected chi connectivity index (χ2v) is 17.0. The van der Waals surface area contributed by atoms with Crippen LogP contribution in [0, 0.1) is 13.8 Å².